The molecule has 17 heavy (non-hydrogen) atoms. The summed E-state index contributed by atoms with van der Waals surface area (Å²) in [5, 5.41) is 2.80. The van der Waals surface area contributed by atoms with Crippen molar-refractivity contribution in [2.75, 3.05) is 19.5 Å². The SMILES string of the molecule is CCC(Br)C(=O)Nc1cc(OC)ccc1OC. The predicted molar refractivity (Wildman–Crippen MR) is 71.2 cm³/mol. The van der Waals surface area contributed by atoms with E-state index in [0.717, 1.165) is 6.42 Å². The Kier molecular flexibility index (Phi) is 5.28. The molecular formula is C12H16BrNO3. The lowest BCUT2D eigenvalue weighted by Gasteiger charge is -2.13. The number of hydrogen-bond acceptors (Lipinski definition) is 3. The van der Waals surface area contributed by atoms with Crippen LogP contribution < -0.4 is 14.8 Å². The number of carbonyl (C=O) groups is 1. The normalized spacial score (nSPS) is 11.8. The van der Waals surface area contributed by atoms with Crippen LogP contribution in [0.5, 0.6) is 11.5 Å². The quantitative estimate of drug-likeness (QED) is 0.851. The second-order valence-corrected chi connectivity index (χ2v) is 4.54. The summed E-state index contributed by atoms with van der Waals surface area (Å²) in [6.45, 7) is 1.93. The van der Waals surface area contributed by atoms with E-state index in [-0.39, 0.29) is 10.7 Å². The summed E-state index contributed by atoms with van der Waals surface area (Å²) in [5.74, 6) is 1.18. The van der Waals surface area contributed by atoms with Crippen LogP contribution in [0.25, 0.3) is 0 Å². The van der Waals surface area contributed by atoms with Crippen molar-refractivity contribution in [3.63, 3.8) is 0 Å². The third-order valence-corrected chi connectivity index (χ3v) is 3.37. The van der Waals surface area contributed by atoms with Gasteiger partial charge in [0.05, 0.1) is 24.7 Å². The van der Waals surface area contributed by atoms with Crippen molar-refractivity contribution in [2.24, 2.45) is 0 Å². The Hall–Kier alpha value is -1.23. The van der Waals surface area contributed by atoms with Crippen LogP contribution in [0.3, 0.4) is 0 Å². The van der Waals surface area contributed by atoms with E-state index in [1.807, 2.05) is 6.92 Å². The van der Waals surface area contributed by atoms with E-state index in [2.05, 4.69) is 21.2 Å². The highest BCUT2D eigenvalue weighted by Gasteiger charge is 2.15. The van der Waals surface area contributed by atoms with Gasteiger partial charge in [-0.05, 0) is 18.6 Å². The number of amides is 1. The molecule has 1 aromatic carbocycles. The summed E-state index contributed by atoms with van der Waals surface area (Å²) in [4.78, 5) is 11.5. The Morgan fingerprint density at radius 2 is 2.12 bits per heavy atom. The van der Waals surface area contributed by atoms with Crippen molar-refractivity contribution in [3.8, 4) is 11.5 Å². The molecule has 1 N–H and O–H groups in total. The molecule has 4 nitrogen and oxygen atoms in total. The first kappa shape index (κ1) is 13.8. The number of nitrogens with one attached hydrogen (secondary N) is 1. The zero-order chi connectivity index (χ0) is 12.8. The van der Waals surface area contributed by atoms with Gasteiger partial charge < -0.3 is 14.8 Å². The van der Waals surface area contributed by atoms with Crippen LogP contribution in [0.4, 0.5) is 5.69 Å². The zero-order valence-electron chi connectivity index (χ0n) is 10.1. The zero-order valence-corrected chi connectivity index (χ0v) is 11.7. The molecule has 1 rings (SSSR count). The molecule has 1 amide bonds. The van der Waals surface area contributed by atoms with Gasteiger partial charge in [0, 0.05) is 6.07 Å². The highest BCUT2D eigenvalue weighted by Crippen LogP contribution is 2.29. The number of hydrogen-bond donors (Lipinski definition) is 1. The molecule has 1 aromatic rings. The first-order valence-electron chi connectivity index (χ1n) is 5.29. The van der Waals surface area contributed by atoms with Crippen molar-refractivity contribution in [2.45, 2.75) is 18.2 Å². The average molecular weight is 302 g/mol. The van der Waals surface area contributed by atoms with Gasteiger partial charge in [0.25, 0.3) is 0 Å². The maximum atomic E-state index is 11.8. The number of carbonyl (C=O) groups excluding carboxylic acids is 1. The Bertz CT molecular complexity index is 395. The summed E-state index contributed by atoms with van der Waals surface area (Å²) in [5.41, 5.74) is 0.606. The standard InChI is InChI=1S/C12H16BrNO3/c1-4-9(13)12(15)14-10-7-8(16-2)5-6-11(10)17-3/h5-7,9H,4H2,1-3H3,(H,14,15). The Balaban J connectivity index is 2.91. The smallest absolute Gasteiger partial charge is 0.238 e. The molecule has 0 saturated carbocycles. The van der Waals surface area contributed by atoms with Gasteiger partial charge in [0.2, 0.25) is 5.91 Å². The van der Waals surface area contributed by atoms with Gasteiger partial charge in [0.15, 0.2) is 0 Å². The molecule has 94 valence electrons. The van der Waals surface area contributed by atoms with E-state index in [1.165, 1.54) is 0 Å². The fourth-order valence-corrected chi connectivity index (χ4v) is 1.42. The van der Waals surface area contributed by atoms with Crippen molar-refractivity contribution >= 4 is 27.5 Å². The van der Waals surface area contributed by atoms with E-state index < -0.39 is 0 Å². The number of rotatable bonds is 5. The largest absolute Gasteiger partial charge is 0.497 e. The monoisotopic (exact) mass is 301 g/mol. The lowest BCUT2D eigenvalue weighted by atomic mass is 10.2. The van der Waals surface area contributed by atoms with Gasteiger partial charge in [0.1, 0.15) is 11.5 Å². The van der Waals surface area contributed by atoms with E-state index in [1.54, 1.807) is 32.4 Å². The number of methoxy groups -OCH3 is 2. The fourth-order valence-electron chi connectivity index (χ4n) is 1.31. The summed E-state index contributed by atoms with van der Waals surface area (Å²) in [6, 6.07) is 5.26. The van der Waals surface area contributed by atoms with Gasteiger partial charge in [-0.1, -0.05) is 22.9 Å². The summed E-state index contributed by atoms with van der Waals surface area (Å²) in [6.07, 6.45) is 0.720. The minimum Gasteiger partial charge on any atom is -0.497 e. The first-order chi connectivity index (χ1) is 8.12. The Morgan fingerprint density at radius 3 is 2.65 bits per heavy atom. The number of anilines is 1. The number of alkyl halides is 1. The topological polar surface area (TPSA) is 47.6 Å². The van der Waals surface area contributed by atoms with Gasteiger partial charge in [-0.25, -0.2) is 0 Å². The summed E-state index contributed by atoms with van der Waals surface area (Å²) >= 11 is 3.30. The van der Waals surface area contributed by atoms with Crippen LogP contribution in [0, 0.1) is 0 Å². The maximum Gasteiger partial charge on any atom is 0.238 e. The minimum atomic E-state index is -0.210. The molecule has 0 heterocycles. The number of halogens is 1. The Labute approximate surface area is 109 Å². The van der Waals surface area contributed by atoms with E-state index >= 15 is 0 Å². The molecule has 0 aliphatic rings. The molecule has 0 saturated heterocycles. The molecule has 0 bridgehead atoms. The van der Waals surface area contributed by atoms with Crippen LogP contribution in [-0.2, 0) is 4.79 Å². The van der Waals surface area contributed by atoms with Crippen LogP contribution in [-0.4, -0.2) is 25.0 Å². The highest BCUT2D eigenvalue weighted by atomic mass is 79.9. The molecule has 0 aliphatic heterocycles. The summed E-state index contributed by atoms with van der Waals surface area (Å²) < 4.78 is 10.3. The molecule has 0 radical (unpaired) electrons. The average Bonchev–Trinajstić information content (AvgIpc) is 2.37. The van der Waals surface area contributed by atoms with Crippen molar-refractivity contribution < 1.29 is 14.3 Å². The van der Waals surface area contributed by atoms with E-state index in [0.29, 0.717) is 17.2 Å². The third-order valence-electron chi connectivity index (χ3n) is 2.31. The second-order valence-electron chi connectivity index (χ2n) is 3.43. The van der Waals surface area contributed by atoms with Crippen LogP contribution >= 0.6 is 15.9 Å². The van der Waals surface area contributed by atoms with E-state index in [9.17, 15) is 4.79 Å². The predicted octanol–water partition coefficient (Wildman–Crippen LogP) is 2.82. The molecule has 0 aliphatic carbocycles. The van der Waals surface area contributed by atoms with Crippen LogP contribution in [0.2, 0.25) is 0 Å². The maximum absolute atomic E-state index is 11.8. The van der Waals surface area contributed by atoms with E-state index in [4.69, 9.17) is 9.47 Å². The van der Waals surface area contributed by atoms with Gasteiger partial charge >= 0.3 is 0 Å². The molecule has 1 atom stereocenters. The van der Waals surface area contributed by atoms with Gasteiger partial charge in [-0.3, -0.25) is 4.79 Å². The fraction of sp³-hybridized carbons (Fsp3) is 0.417. The van der Waals surface area contributed by atoms with Crippen LogP contribution in [0.1, 0.15) is 13.3 Å². The molecule has 0 fully saturated rings. The minimum absolute atomic E-state index is 0.0981. The molecular weight excluding hydrogens is 286 g/mol. The van der Waals surface area contributed by atoms with Gasteiger partial charge in [-0.2, -0.15) is 0 Å². The lowest BCUT2D eigenvalue weighted by Crippen LogP contribution is -2.22. The summed E-state index contributed by atoms with van der Waals surface area (Å²) in [7, 11) is 3.13. The number of benzene rings is 1. The van der Waals surface area contributed by atoms with Crippen molar-refractivity contribution in [1.82, 2.24) is 0 Å². The highest BCUT2D eigenvalue weighted by molar-refractivity contribution is 9.10. The second kappa shape index (κ2) is 6.49. The lowest BCUT2D eigenvalue weighted by molar-refractivity contribution is -0.115. The molecule has 5 heteroatoms. The van der Waals surface area contributed by atoms with Crippen LogP contribution in [0.15, 0.2) is 18.2 Å². The Morgan fingerprint density at radius 1 is 1.41 bits per heavy atom. The third kappa shape index (κ3) is 3.63. The van der Waals surface area contributed by atoms with Crippen molar-refractivity contribution in [1.29, 1.82) is 0 Å². The first-order valence-corrected chi connectivity index (χ1v) is 6.20. The molecule has 0 aromatic heterocycles. The number of ether oxygens (including phenoxy) is 2. The van der Waals surface area contributed by atoms with Gasteiger partial charge in [-0.15, -0.1) is 0 Å². The molecule has 1 unspecified atom stereocenters. The van der Waals surface area contributed by atoms with Crippen molar-refractivity contribution in [3.05, 3.63) is 18.2 Å². The molecule has 0 spiro atoms.